The Morgan fingerprint density at radius 3 is 2.35 bits per heavy atom. The Morgan fingerprint density at radius 2 is 1.73 bits per heavy atom. The summed E-state index contributed by atoms with van der Waals surface area (Å²) in [5.74, 6) is 1.82. The van der Waals surface area contributed by atoms with Crippen LogP contribution in [0.25, 0.3) is 0 Å². The molecular formula is C21H26N2O3. The van der Waals surface area contributed by atoms with Crippen LogP contribution in [0.2, 0.25) is 0 Å². The van der Waals surface area contributed by atoms with Crippen LogP contribution in [0.15, 0.2) is 48.5 Å². The van der Waals surface area contributed by atoms with Gasteiger partial charge < -0.3 is 20.1 Å². The third-order valence-electron chi connectivity index (χ3n) is 4.98. The molecule has 2 N–H and O–H groups in total. The molecule has 0 unspecified atom stereocenters. The number of aryl methyl sites for hydroxylation is 1. The van der Waals surface area contributed by atoms with E-state index in [9.17, 15) is 4.79 Å². The van der Waals surface area contributed by atoms with E-state index in [0.717, 1.165) is 17.1 Å². The number of amides is 1. The Balaban J connectivity index is 1.61. The average Bonchev–Trinajstić information content (AvgIpc) is 3.08. The molecule has 0 radical (unpaired) electrons. The number of methoxy groups -OCH3 is 2. The van der Waals surface area contributed by atoms with Gasteiger partial charge in [0.05, 0.1) is 14.2 Å². The Bertz CT molecular complexity index is 726. The zero-order chi connectivity index (χ0) is 18.5. The van der Waals surface area contributed by atoms with Gasteiger partial charge >= 0.3 is 0 Å². The monoisotopic (exact) mass is 354 g/mol. The highest BCUT2D eigenvalue weighted by atomic mass is 16.5. The van der Waals surface area contributed by atoms with E-state index in [-0.39, 0.29) is 17.9 Å². The van der Waals surface area contributed by atoms with Crippen molar-refractivity contribution in [3.05, 3.63) is 59.7 Å². The van der Waals surface area contributed by atoms with Gasteiger partial charge in [-0.1, -0.05) is 30.3 Å². The average molecular weight is 354 g/mol. The minimum absolute atomic E-state index is 0.0155. The van der Waals surface area contributed by atoms with E-state index in [4.69, 9.17) is 15.2 Å². The number of carbonyl (C=O) groups excluding carboxylic acids is 1. The number of hydrogen-bond acceptors (Lipinski definition) is 4. The number of benzene rings is 2. The molecule has 0 aromatic heterocycles. The van der Waals surface area contributed by atoms with Crippen LogP contribution in [0.4, 0.5) is 0 Å². The lowest BCUT2D eigenvalue weighted by atomic mass is 9.95. The smallest absolute Gasteiger partial charge is 0.222 e. The summed E-state index contributed by atoms with van der Waals surface area (Å²) >= 11 is 0. The largest absolute Gasteiger partial charge is 0.497 e. The second-order valence-corrected chi connectivity index (χ2v) is 6.70. The minimum atomic E-state index is -0.0155. The summed E-state index contributed by atoms with van der Waals surface area (Å²) in [6, 6.07) is 15.9. The SMILES string of the molecule is COc1cc(CCC(=O)N2C[C@@H](N)[C@H](c3ccccc3)C2)cc(OC)c1. The summed E-state index contributed by atoms with van der Waals surface area (Å²) in [5, 5.41) is 0. The molecule has 1 fully saturated rings. The van der Waals surface area contributed by atoms with Crippen LogP contribution < -0.4 is 15.2 Å². The fourth-order valence-corrected chi connectivity index (χ4v) is 3.51. The van der Waals surface area contributed by atoms with Gasteiger partial charge in [0.1, 0.15) is 11.5 Å². The molecular weight excluding hydrogens is 328 g/mol. The van der Waals surface area contributed by atoms with Crippen molar-refractivity contribution >= 4 is 5.91 Å². The number of nitrogens with zero attached hydrogens (tertiary/aromatic N) is 1. The highest BCUT2D eigenvalue weighted by Gasteiger charge is 2.33. The van der Waals surface area contributed by atoms with Crippen LogP contribution in [0, 0.1) is 0 Å². The molecule has 1 saturated heterocycles. The van der Waals surface area contributed by atoms with Crippen LogP contribution in [0.5, 0.6) is 11.5 Å². The maximum atomic E-state index is 12.7. The van der Waals surface area contributed by atoms with E-state index in [1.807, 2.05) is 41.3 Å². The topological polar surface area (TPSA) is 64.8 Å². The first-order valence-electron chi connectivity index (χ1n) is 8.91. The maximum absolute atomic E-state index is 12.7. The normalized spacial score (nSPS) is 19.4. The van der Waals surface area contributed by atoms with E-state index in [1.165, 1.54) is 5.56 Å². The first-order chi connectivity index (χ1) is 12.6. The molecule has 5 heteroatoms. The fraction of sp³-hybridized carbons (Fsp3) is 0.381. The molecule has 1 aliphatic heterocycles. The van der Waals surface area contributed by atoms with Gasteiger partial charge in [0, 0.05) is 37.5 Å². The fourth-order valence-electron chi connectivity index (χ4n) is 3.51. The summed E-state index contributed by atoms with van der Waals surface area (Å²) in [6.45, 7) is 1.30. The van der Waals surface area contributed by atoms with E-state index < -0.39 is 0 Å². The molecule has 1 aliphatic rings. The standard InChI is InChI=1S/C21H26N2O3/c1-25-17-10-15(11-18(12-17)26-2)8-9-21(24)23-13-19(20(22)14-23)16-6-4-3-5-7-16/h3-7,10-12,19-20H,8-9,13-14,22H2,1-2H3/t19-,20+/m0/s1. The zero-order valence-corrected chi connectivity index (χ0v) is 15.4. The predicted octanol–water partition coefficient (Wildman–Crippen LogP) is 2.59. The van der Waals surface area contributed by atoms with Gasteiger partial charge in [0.15, 0.2) is 0 Å². The van der Waals surface area contributed by atoms with Crippen LogP contribution in [-0.4, -0.2) is 44.2 Å². The summed E-state index contributed by atoms with van der Waals surface area (Å²) < 4.78 is 10.6. The Morgan fingerprint density at radius 1 is 1.08 bits per heavy atom. The van der Waals surface area contributed by atoms with E-state index in [2.05, 4.69) is 12.1 Å². The highest BCUT2D eigenvalue weighted by molar-refractivity contribution is 5.77. The Labute approximate surface area is 154 Å². The zero-order valence-electron chi connectivity index (χ0n) is 15.4. The Hall–Kier alpha value is -2.53. The van der Waals surface area contributed by atoms with Crippen molar-refractivity contribution in [2.45, 2.75) is 24.8 Å². The number of nitrogens with two attached hydrogens (primary N) is 1. The van der Waals surface area contributed by atoms with Gasteiger partial charge in [-0.25, -0.2) is 0 Å². The second-order valence-electron chi connectivity index (χ2n) is 6.70. The Kier molecular flexibility index (Phi) is 5.78. The molecule has 0 bridgehead atoms. The molecule has 26 heavy (non-hydrogen) atoms. The molecule has 5 nitrogen and oxygen atoms in total. The minimum Gasteiger partial charge on any atom is -0.497 e. The quantitative estimate of drug-likeness (QED) is 0.866. The molecule has 0 spiro atoms. The predicted molar refractivity (Wildman–Crippen MR) is 102 cm³/mol. The molecule has 3 rings (SSSR count). The van der Waals surface area contributed by atoms with Crippen molar-refractivity contribution in [1.82, 2.24) is 4.90 Å². The molecule has 2 aromatic rings. The molecule has 1 heterocycles. The van der Waals surface area contributed by atoms with Crippen molar-refractivity contribution in [1.29, 1.82) is 0 Å². The number of carbonyl (C=O) groups is 1. The van der Waals surface area contributed by atoms with Gasteiger partial charge in [0.25, 0.3) is 0 Å². The molecule has 0 saturated carbocycles. The van der Waals surface area contributed by atoms with Crippen LogP contribution in [0.3, 0.4) is 0 Å². The molecule has 1 amide bonds. The van der Waals surface area contributed by atoms with Crippen molar-refractivity contribution < 1.29 is 14.3 Å². The number of ether oxygens (including phenoxy) is 2. The van der Waals surface area contributed by atoms with Gasteiger partial charge in [-0.3, -0.25) is 4.79 Å². The van der Waals surface area contributed by atoms with Crippen LogP contribution in [0.1, 0.15) is 23.5 Å². The van der Waals surface area contributed by atoms with E-state index >= 15 is 0 Å². The number of rotatable bonds is 6. The molecule has 138 valence electrons. The lowest BCUT2D eigenvalue weighted by Gasteiger charge is -2.17. The van der Waals surface area contributed by atoms with Gasteiger partial charge in [-0.05, 0) is 29.7 Å². The number of hydrogen-bond donors (Lipinski definition) is 1. The van der Waals surface area contributed by atoms with Crippen molar-refractivity contribution in [3.8, 4) is 11.5 Å². The summed E-state index contributed by atoms with van der Waals surface area (Å²) in [4.78, 5) is 14.5. The summed E-state index contributed by atoms with van der Waals surface area (Å²) in [7, 11) is 3.25. The first-order valence-corrected chi connectivity index (χ1v) is 8.91. The van der Waals surface area contributed by atoms with E-state index in [0.29, 0.717) is 25.9 Å². The van der Waals surface area contributed by atoms with Gasteiger partial charge in [-0.15, -0.1) is 0 Å². The summed E-state index contributed by atoms with van der Waals surface area (Å²) in [5.41, 5.74) is 8.52. The molecule has 0 aliphatic carbocycles. The van der Waals surface area contributed by atoms with Crippen molar-refractivity contribution in [2.75, 3.05) is 27.3 Å². The lowest BCUT2D eigenvalue weighted by molar-refractivity contribution is -0.130. The molecule has 2 atom stereocenters. The highest BCUT2D eigenvalue weighted by Crippen LogP contribution is 2.27. The third-order valence-corrected chi connectivity index (χ3v) is 4.98. The van der Waals surface area contributed by atoms with Crippen molar-refractivity contribution in [2.24, 2.45) is 5.73 Å². The first kappa shape index (κ1) is 18.3. The third kappa shape index (κ3) is 4.17. The van der Waals surface area contributed by atoms with Crippen molar-refractivity contribution in [3.63, 3.8) is 0 Å². The van der Waals surface area contributed by atoms with Gasteiger partial charge in [0.2, 0.25) is 5.91 Å². The maximum Gasteiger partial charge on any atom is 0.222 e. The summed E-state index contributed by atoms with van der Waals surface area (Å²) in [6.07, 6.45) is 1.10. The van der Waals surface area contributed by atoms with Gasteiger partial charge in [-0.2, -0.15) is 0 Å². The van der Waals surface area contributed by atoms with Crippen LogP contribution >= 0.6 is 0 Å². The second kappa shape index (κ2) is 8.23. The molecule has 2 aromatic carbocycles. The number of likely N-dealkylation sites (tertiary alicyclic amines) is 1. The van der Waals surface area contributed by atoms with E-state index in [1.54, 1.807) is 14.2 Å². The lowest BCUT2D eigenvalue weighted by Crippen LogP contribution is -2.32. The van der Waals surface area contributed by atoms with Crippen LogP contribution in [-0.2, 0) is 11.2 Å².